The molecule has 2 aromatic carbocycles. The van der Waals surface area contributed by atoms with Gasteiger partial charge in [0.2, 0.25) is 5.95 Å². The van der Waals surface area contributed by atoms with Gasteiger partial charge in [0.05, 0.1) is 6.61 Å². The molecule has 8 heteroatoms. The van der Waals surface area contributed by atoms with Crippen molar-refractivity contribution in [3.05, 3.63) is 65.9 Å². The molecule has 30 heavy (non-hydrogen) atoms. The van der Waals surface area contributed by atoms with Gasteiger partial charge in [-0.2, -0.15) is 18.2 Å². The van der Waals surface area contributed by atoms with Gasteiger partial charge in [-0.05, 0) is 43.2 Å². The summed E-state index contributed by atoms with van der Waals surface area (Å²) in [7, 11) is 0. The highest BCUT2D eigenvalue weighted by molar-refractivity contribution is 5.64. The molecule has 0 fully saturated rings. The van der Waals surface area contributed by atoms with Gasteiger partial charge in [0, 0.05) is 23.6 Å². The third kappa shape index (κ3) is 5.62. The molecule has 0 aliphatic carbocycles. The summed E-state index contributed by atoms with van der Waals surface area (Å²) in [5.74, 6) is 0.279. The van der Waals surface area contributed by atoms with Gasteiger partial charge in [-0.3, -0.25) is 0 Å². The fourth-order valence-electron chi connectivity index (χ4n) is 2.88. The molecule has 3 aromatic rings. The molecule has 158 valence electrons. The van der Waals surface area contributed by atoms with E-state index >= 15 is 0 Å². The summed E-state index contributed by atoms with van der Waals surface area (Å²) in [4.78, 5) is 7.91. The van der Waals surface area contributed by atoms with Crippen LogP contribution >= 0.6 is 0 Å². The Morgan fingerprint density at radius 2 is 1.73 bits per heavy atom. The number of alkyl halides is 3. The highest BCUT2D eigenvalue weighted by Crippen LogP contribution is 2.35. The van der Waals surface area contributed by atoms with Crippen LogP contribution in [0.2, 0.25) is 0 Å². The van der Waals surface area contributed by atoms with E-state index in [0.29, 0.717) is 23.7 Å². The first kappa shape index (κ1) is 21.4. The maximum absolute atomic E-state index is 13.5. The largest absolute Gasteiger partial charge is 0.494 e. The first-order valence-corrected chi connectivity index (χ1v) is 9.69. The van der Waals surface area contributed by atoms with E-state index in [4.69, 9.17) is 4.74 Å². The van der Waals surface area contributed by atoms with Crippen molar-refractivity contribution in [3.63, 3.8) is 0 Å². The van der Waals surface area contributed by atoms with E-state index in [1.807, 2.05) is 31.2 Å². The first-order chi connectivity index (χ1) is 14.4. The summed E-state index contributed by atoms with van der Waals surface area (Å²) in [6, 6.07) is 14.3. The van der Waals surface area contributed by atoms with Crippen LogP contribution < -0.4 is 15.4 Å². The number of benzene rings is 2. The molecule has 0 bridgehead atoms. The third-order valence-electron chi connectivity index (χ3n) is 4.25. The third-order valence-corrected chi connectivity index (χ3v) is 4.25. The van der Waals surface area contributed by atoms with Crippen LogP contribution in [0.3, 0.4) is 0 Å². The topological polar surface area (TPSA) is 59.1 Å². The Hall–Kier alpha value is -3.29. The van der Waals surface area contributed by atoms with Gasteiger partial charge in [-0.1, -0.05) is 31.5 Å². The Labute approximate surface area is 173 Å². The van der Waals surface area contributed by atoms with Crippen molar-refractivity contribution in [2.24, 2.45) is 0 Å². The molecule has 2 N–H and O–H groups in total. The molecule has 1 aromatic heterocycles. The zero-order valence-corrected chi connectivity index (χ0v) is 16.8. The average molecular weight is 416 g/mol. The molecular formula is C22H23F3N4O. The van der Waals surface area contributed by atoms with Crippen molar-refractivity contribution in [1.82, 2.24) is 9.97 Å². The second kappa shape index (κ2) is 9.47. The summed E-state index contributed by atoms with van der Waals surface area (Å²) < 4.78 is 45.8. The number of hydrogen-bond acceptors (Lipinski definition) is 5. The Bertz CT molecular complexity index is 975. The predicted octanol–water partition coefficient (Wildman–Crippen LogP) is 6.33. The molecular weight excluding hydrogens is 393 g/mol. The van der Waals surface area contributed by atoms with Crippen LogP contribution in [0.1, 0.15) is 31.4 Å². The summed E-state index contributed by atoms with van der Waals surface area (Å²) in [6.07, 6.45) is -1.82. The molecule has 0 aliphatic rings. The van der Waals surface area contributed by atoms with Crippen molar-refractivity contribution in [2.75, 3.05) is 17.2 Å². The van der Waals surface area contributed by atoms with E-state index in [1.165, 1.54) is 5.56 Å². The van der Waals surface area contributed by atoms with Crippen LogP contribution in [-0.4, -0.2) is 16.6 Å². The molecule has 0 unspecified atom stereocenters. The molecule has 0 amide bonds. The minimum Gasteiger partial charge on any atom is -0.494 e. The number of aromatic nitrogens is 2. The zero-order valence-electron chi connectivity index (χ0n) is 16.8. The van der Waals surface area contributed by atoms with Crippen molar-refractivity contribution < 1.29 is 17.9 Å². The van der Waals surface area contributed by atoms with E-state index in [0.717, 1.165) is 19.0 Å². The van der Waals surface area contributed by atoms with Crippen LogP contribution in [0.5, 0.6) is 5.75 Å². The van der Waals surface area contributed by atoms with Gasteiger partial charge < -0.3 is 15.4 Å². The van der Waals surface area contributed by atoms with E-state index in [2.05, 4.69) is 27.5 Å². The molecule has 0 radical (unpaired) electrons. The van der Waals surface area contributed by atoms with E-state index in [-0.39, 0.29) is 11.8 Å². The number of anilines is 4. The molecule has 3 rings (SSSR count). The molecule has 0 saturated carbocycles. The summed E-state index contributed by atoms with van der Waals surface area (Å²) in [5, 5.41) is 5.69. The normalized spacial score (nSPS) is 11.2. The van der Waals surface area contributed by atoms with Crippen molar-refractivity contribution >= 4 is 23.1 Å². The lowest BCUT2D eigenvalue weighted by Gasteiger charge is -2.15. The Morgan fingerprint density at radius 3 is 2.40 bits per heavy atom. The Balaban J connectivity index is 1.87. The number of nitrogens with one attached hydrogen (secondary N) is 2. The number of rotatable bonds is 8. The van der Waals surface area contributed by atoms with Crippen LogP contribution in [-0.2, 0) is 12.6 Å². The SMILES string of the molecule is CCCc1ccc(Nc2ncc(C(F)(F)F)c(Nc3cccc(OCC)c3)n2)cc1. The summed E-state index contributed by atoms with van der Waals surface area (Å²) in [5.41, 5.74) is 1.36. The fourth-order valence-corrected chi connectivity index (χ4v) is 2.88. The quantitative estimate of drug-likeness (QED) is 0.449. The summed E-state index contributed by atoms with van der Waals surface area (Å²) in [6.45, 7) is 4.38. The Kier molecular flexibility index (Phi) is 6.76. The van der Waals surface area contributed by atoms with Crippen LogP contribution in [0, 0.1) is 0 Å². The molecule has 0 spiro atoms. The van der Waals surface area contributed by atoms with Crippen molar-refractivity contribution in [3.8, 4) is 5.75 Å². The molecule has 1 heterocycles. The molecule has 0 atom stereocenters. The highest BCUT2D eigenvalue weighted by atomic mass is 19.4. The number of halogens is 3. The van der Waals surface area contributed by atoms with Crippen LogP contribution in [0.25, 0.3) is 0 Å². The van der Waals surface area contributed by atoms with Gasteiger partial charge in [-0.15, -0.1) is 0 Å². The molecule has 0 saturated heterocycles. The molecule has 5 nitrogen and oxygen atoms in total. The Morgan fingerprint density at radius 1 is 0.967 bits per heavy atom. The summed E-state index contributed by atoms with van der Waals surface area (Å²) >= 11 is 0. The highest BCUT2D eigenvalue weighted by Gasteiger charge is 2.35. The van der Waals surface area contributed by atoms with Crippen LogP contribution in [0.4, 0.5) is 36.3 Å². The number of hydrogen-bond donors (Lipinski definition) is 2. The average Bonchev–Trinajstić information content (AvgIpc) is 2.70. The monoisotopic (exact) mass is 416 g/mol. The minimum absolute atomic E-state index is 0.0645. The van der Waals surface area contributed by atoms with E-state index in [1.54, 1.807) is 24.3 Å². The van der Waals surface area contributed by atoms with E-state index < -0.39 is 11.7 Å². The smallest absolute Gasteiger partial charge is 0.421 e. The number of ether oxygens (including phenoxy) is 1. The predicted molar refractivity (Wildman–Crippen MR) is 112 cm³/mol. The number of nitrogens with zero attached hydrogens (tertiary/aromatic N) is 2. The zero-order chi connectivity index (χ0) is 21.6. The van der Waals surface area contributed by atoms with Gasteiger partial charge in [-0.25, -0.2) is 4.98 Å². The van der Waals surface area contributed by atoms with Gasteiger partial charge in [0.1, 0.15) is 17.1 Å². The second-order valence-electron chi connectivity index (χ2n) is 6.61. The van der Waals surface area contributed by atoms with Crippen LogP contribution in [0.15, 0.2) is 54.7 Å². The number of aryl methyl sites for hydroxylation is 1. The second-order valence-corrected chi connectivity index (χ2v) is 6.61. The minimum atomic E-state index is -4.60. The maximum Gasteiger partial charge on any atom is 0.421 e. The van der Waals surface area contributed by atoms with Gasteiger partial charge >= 0.3 is 6.18 Å². The molecule has 0 aliphatic heterocycles. The van der Waals surface area contributed by atoms with E-state index in [9.17, 15) is 13.2 Å². The lowest BCUT2D eigenvalue weighted by atomic mass is 10.1. The standard InChI is InChI=1S/C22H23F3N4O/c1-3-6-15-9-11-16(12-10-15)28-21-26-14-19(22(23,24)25)20(29-21)27-17-7-5-8-18(13-17)30-4-2/h5,7-14H,3-4,6H2,1-2H3,(H2,26,27,28,29). The van der Waals surface area contributed by atoms with Gasteiger partial charge in [0.15, 0.2) is 0 Å². The lowest BCUT2D eigenvalue weighted by molar-refractivity contribution is -0.137. The van der Waals surface area contributed by atoms with Gasteiger partial charge in [0.25, 0.3) is 0 Å². The lowest BCUT2D eigenvalue weighted by Crippen LogP contribution is -2.12. The fraction of sp³-hybridized carbons (Fsp3) is 0.273. The maximum atomic E-state index is 13.5. The van der Waals surface area contributed by atoms with Crippen molar-refractivity contribution in [1.29, 1.82) is 0 Å². The van der Waals surface area contributed by atoms with Crippen molar-refractivity contribution in [2.45, 2.75) is 32.9 Å². The first-order valence-electron chi connectivity index (χ1n) is 9.69.